The molecule has 0 amide bonds. The Morgan fingerprint density at radius 2 is 2.33 bits per heavy atom. The van der Waals surface area contributed by atoms with E-state index in [4.69, 9.17) is 4.74 Å². The van der Waals surface area contributed by atoms with Crippen LogP contribution in [0.25, 0.3) is 0 Å². The summed E-state index contributed by atoms with van der Waals surface area (Å²) in [6.07, 6.45) is 2.30. The molecule has 1 aromatic rings. The fourth-order valence-electron chi connectivity index (χ4n) is 1.81. The molecule has 1 rings (SSSR count). The lowest BCUT2D eigenvalue weighted by molar-refractivity contribution is 0.150. The van der Waals surface area contributed by atoms with Gasteiger partial charge in [0.2, 0.25) is 0 Å². The molecular formula is C12H21NOS. The van der Waals surface area contributed by atoms with Crippen molar-refractivity contribution in [2.24, 2.45) is 5.92 Å². The zero-order chi connectivity index (χ0) is 11.1. The second kappa shape index (κ2) is 6.99. The van der Waals surface area contributed by atoms with Crippen molar-refractivity contribution in [2.75, 3.05) is 20.8 Å². The van der Waals surface area contributed by atoms with Crippen LogP contribution in [-0.2, 0) is 11.2 Å². The first-order valence-corrected chi connectivity index (χ1v) is 6.32. The van der Waals surface area contributed by atoms with Crippen molar-refractivity contribution in [3.05, 3.63) is 22.4 Å². The van der Waals surface area contributed by atoms with Crippen LogP contribution < -0.4 is 5.32 Å². The Morgan fingerprint density at radius 1 is 1.53 bits per heavy atom. The first-order chi connectivity index (χ1) is 7.26. The largest absolute Gasteiger partial charge is 0.384 e. The lowest BCUT2D eigenvalue weighted by Gasteiger charge is -2.19. The van der Waals surface area contributed by atoms with Crippen LogP contribution in [0.2, 0.25) is 0 Å². The molecular weight excluding hydrogens is 206 g/mol. The zero-order valence-corrected chi connectivity index (χ0v) is 10.6. The molecule has 0 radical (unpaired) electrons. The summed E-state index contributed by atoms with van der Waals surface area (Å²) in [7, 11) is 3.81. The molecule has 0 spiro atoms. The standard InChI is InChI=1S/C12H21NOS/c1-10(9-14-3)7-11(13-2)8-12-5-4-6-15-12/h4-6,10-11,13H,7-9H2,1-3H3. The number of methoxy groups -OCH3 is 1. The Balaban J connectivity index is 2.35. The number of ether oxygens (including phenoxy) is 1. The van der Waals surface area contributed by atoms with E-state index < -0.39 is 0 Å². The molecule has 2 unspecified atom stereocenters. The predicted octanol–water partition coefficient (Wildman–Crippen LogP) is 2.55. The van der Waals surface area contributed by atoms with Crippen LogP contribution in [0.4, 0.5) is 0 Å². The number of thiophene rings is 1. The van der Waals surface area contributed by atoms with Crippen LogP contribution in [-0.4, -0.2) is 26.8 Å². The summed E-state index contributed by atoms with van der Waals surface area (Å²) < 4.78 is 5.16. The highest BCUT2D eigenvalue weighted by molar-refractivity contribution is 7.09. The molecule has 0 aliphatic heterocycles. The van der Waals surface area contributed by atoms with Gasteiger partial charge in [0.25, 0.3) is 0 Å². The number of rotatable bonds is 7. The van der Waals surface area contributed by atoms with E-state index in [9.17, 15) is 0 Å². The predicted molar refractivity (Wildman–Crippen MR) is 66.5 cm³/mol. The van der Waals surface area contributed by atoms with Crippen molar-refractivity contribution in [1.82, 2.24) is 5.32 Å². The maximum Gasteiger partial charge on any atom is 0.0488 e. The Morgan fingerprint density at radius 3 is 2.87 bits per heavy atom. The van der Waals surface area contributed by atoms with Gasteiger partial charge in [-0.1, -0.05) is 13.0 Å². The number of hydrogen-bond acceptors (Lipinski definition) is 3. The minimum Gasteiger partial charge on any atom is -0.384 e. The van der Waals surface area contributed by atoms with Gasteiger partial charge in [-0.3, -0.25) is 0 Å². The molecule has 3 heteroatoms. The van der Waals surface area contributed by atoms with E-state index in [0.29, 0.717) is 12.0 Å². The molecule has 0 aliphatic rings. The molecule has 0 aliphatic carbocycles. The average Bonchev–Trinajstić information content (AvgIpc) is 2.70. The molecule has 86 valence electrons. The molecule has 2 nitrogen and oxygen atoms in total. The van der Waals surface area contributed by atoms with Gasteiger partial charge in [-0.2, -0.15) is 0 Å². The summed E-state index contributed by atoms with van der Waals surface area (Å²) in [5, 5.41) is 5.52. The topological polar surface area (TPSA) is 21.3 Å². The first kappa shape index (κ1) is 12.7. The van der Waals surface area contributed by atoms with Crippen LogP contribution in [0.1, 0.15) is 18.2 Å². The zero-order valence-electron chi connectivity index (χ0n) is 9.82. The van der Waals surface area contributed by atoms with E-state index in [-0.39, 0.29) is 0 Å². The molecule has 1 aromatic heterocycles. The second-order valence-corrected chi connectivity index (χ2v) is 5.10. The molecule has 2 atom stereocenters. The van der Waals surface area contributed by atoms with Crippen LogP contribution in [0.3, 0.4) is 0 Å². The summed E-state index contributed by atoms with van der Waals surface area (Å²) in [4.78, 5) is 1.46. The summed E-state index contributed by atoms with van der Waals surface area (Å²) in [5.41, 5.74) is 0. The lowest BCUT2D eigenvalue weighted by atomic mass is 10.00. The summed E-state index contributed by atoms with van der Waals surface area (Å²) >= 11 is 1.84. The smallest absolute Gasteiger partial charge is 0.0488 e. The minimum atomic E-state index is 0.564. The first-order valence-electron chi connectivity index (χ1n) is 5.44. The van der Waals surface area contributed by atoms with E-state index in [1.807, 2.05) is 18.4 Å². The summed E-state index contributed by atoms with van der Waals surface area (Å²) in [6.45, 7) is 3.09. The number of nitrogens with one attached hydrogen (secondary N) is 1. The SMILES string of the molecule is CNC(Cc1cccs1)CC(C)COC. The van der Waals surface area contributed by atoms with Gasteiger partial charge in [0.15, 0.2) is 0 Å². The monoisotopic (exact) mass is 227 g/mol. The fraction of sp³-hybridized carbons (Fsp3) is 0.667. The molecule has 0 aromatic carbocycles. The maximum absolute atomic E-state index is 5.16. The van der Waals surface area contributed by atoms with Crippen molar-refractivity contribution in [3.63, 3.8) is 0 Å². The molecule has 1 heterocycles. The van der Waals surface area contributed by atoms with Crippen LogP contribution in [0.5, 0.6) is 0 Å². The van der Waals surface area contributed by atoms with Crippen LogP contribution >= 0.6 is 11.3 Å². The molecule has 0 fully saturated rings. The number of hydrogen-bond donors (Lipinski definition) is 1. The Hall–Kier alpha value is -0.380. The molecule has 0 bridgehead atoms. The Kier molecular flexibility index (Phi) is 5.91. The lowest BCUT2D eigenvalue weighted by Crippen LogP contribution is -2.30. The highest BCUT2D eigenvalue weighted by atomic mass is 32.1. The van der Waals surface area contributed by atoms with E-state index >= 15 is 0 Å². The van der Waals surface area contributed by atoms with Crippen molar-refractivity contribution >= 4 is 11.3 Å². The third-order valence-electron chi connectivity index (χ3n) is 2.57. The molecule has 0 saturated carbocycles. The highest BCUT2D eigenvalue weighted by Gasteiger charge is 2.12. The third-order valence-corrected chi connectivity index (χ3v) is 3.47. The van der Waals surface area contributed by atoms with Crippen molar-refractivity contribution in [3.8, 4) is 0 Å². The van der Waals surface area contributed by atoms with Gasteiger partial charge in [-0.25, -0.2) is 0 Å². The second-order valence-electron chi connectivity index (χ2n) is 4.07. The van der Waals surface area contributed by atoms with E-state index in [1.54, 1.807) is 7.11 Å². The minimum absolute atomic E-state index is 0.564. The molecule has 1 N–H and O–H groups in total. The summed E-state index contributed by atoms with van der Waals surface area (Å²) in [5.74, 6) is 0.618. The molecule has 0 saturated heterocycles. The van der Waals surface area contributed by atoms with Gasteiger partial charge in [0, 0.05) is 24.6 Å². The third kappa shape index (κ3) is 4.78. The summed E-state index contributed by atoms with van der Waals surface area (Å²) in [6, 6.07) is 4.88. The highest BCUT2D eigenvalue weighted by Crippen LogP contribution is 2.15. The van der Waals surface area contributed by atoms with Gasteiger partial charge in [0.1, 0.15) is 0 Å². The van der Waals surface area contributed by atoms with E-state index in [0.717, 1.165) is 13.0 Å². The van der Waals surface area contributed by atoms with Crippen LogP contribution in [0.15, 0.2) is 17.5 Å². The van der Waals surface area contributed by atoms with Gasteiger partial charge < -0.3 is 10.1 Å². The Labute approximate surface area is 96.7 Å². The van der Waals surface area contributed by atoms with E-state index in [1.165, 1.54) is 11.3 Å². The number of likely N-dealkylation sites (N-methyl/N-ethyl adjacent to an activating group) is 1. The van der Waals surface area contributed by atoms with Crippen molar-refractivity contribution in [2.45, 2.75) is 25.8 Å². The van der Waals surface area contributed by atoms with Gasteiger partial charge in [-0.05, 0) is 37.3 Å². The Bertz CT molecular complexity index is 248. The van der Waals surface area contributed by atoms with Gasteiger partial charge in [-0.15, -0.1) is 11.3 Å². The maximum atomic E-state index is 5.16. The van der Waals surface area contributed by atoms with Crippen molar-refractivity contribution in [1.29, 1.82) is 0 Å². The fourth-order valence-corrected chi connectivity index (χ4v) is 2.60. The van der Waals surface area contributed by atoms with E-state index in [2.05, 4.69) is 29.8 Å². The normalized spacial score (nSPS) is 15.1. The van der Waals surface area contributed by atoms with Gasteiger partial charge in [0.05, 0.1) is 0 Å². The quantitative estimate of drug-likeness (QED) is 0.773. The van der Waals surface area contributed by atoms with Crippen LogP contribution in [0, 0.1) is 5.92 Å². The average molecular weight is 227 g/mol. The van der Waals surface area contributed by atoms with Gasteiger partial charge >= 0.3 is 0 Å². The molecule has 15 heavy (non-hydrogen) atoms. The van der Waals surface area contributed by atoms with Crippen molar-refractivity contribution < 1.29 is 4.74 Å².